The molecule has 5 nitrogen and oxygen atoms in total. The first-order valence-electron chi connectivity index (χ1n) is 6.16. The van der Waals surface area contributed by atoms with Gasteiger partial charge in [0, 0.05) is 13.1 Å². The highest BCUT2D eigenvalue weighted by molar-refractivity contribution is 5.73. The van der Waals surface area contributed by atoms with Gasteiger partial charge in [-0.2, -0.15) is 5.01 Å². The Morgan fingerprint density at radius 2 is 1.68 bits per heavy atom. The van der Waals surface area contributed by atoms with E-state index in [4.69, 9.17) is 17.3 Å². The third-order valence-corrected chi connectivity index (χ3v) is 3.40. The molecule has 2 aromatic carbocycles. The molecule has 0 spiro atoms. The molecule has 0 atom stereocenters. The van der Waals surface area contributed by atoms with Crippen molar-refractivity contribution in [2.75, 3.05) is 16.6 Å². The second-order valence-corrected chi connectivity index (χ2v) is 4.76. The van der Waals surface area contributed by atoms with Crippen LogP contribution in [0.25, 0.3) is 0 Å². The van der Waals surface area contributed by atoms with Gasteiger partial charge >= 0.3 is 0 Å². The van der Waals surface area contributed by atoms with Gasteiger partial charge in [0.25, 0.3) is 0 Å². The lowest BCUT2D eigenvalue weighted by molar-refractivity contribution is 0.256. The van der Waals surface area contributed by atoms with Crippen LogP contribution < -0.4 is 22.4 Å². The van der Waals surface area contributed by atoms with Crippen molar-refractivity contribution in [3.63, 3.8) is 0 Å². The monoisotopic (exact) mass is 255 g/mol. The second kappa shape index (κ2) is 4.46. The van der Waals surface area contributed by atoms with E-state index in [2.05, 4.69) is 17.1 Å². The quantitative estimate of drug-likeness (QED) is 0.559. The first-order valence-corrected chi connectivity index (χ1v) is 6.16. The summed E-state index contributed by atoms with van der Waals surface area (Å²) in [5.41, 5.74) is 16.1. The minimum Gasteiger partial charge on any atom is -0.397 e. The SMILES string of the molecule is Nc1cc2c(cc1N)N(N)N(Cc1ccccc1)C2. The molecule has 1 heterocycles. The number of anilines is 3. The zero-order valence-corrected chi connectivity index (χ0v) is 10.6. The minimum atomic E-state index is 0.566. The van der Waals surface area contributed by atoms with Gasteiger partial charge in [0.1, 0.15) is 0 Å². The van der Waals surface area contributed by atoms with E-state index >= 15 is 0 Å². The molecule has 0 radical (unpaired) electrons. The second-order valence-electron chi connectivity index (χ2n) is 4.76. The van der Waals surface area contributed by atoms with Crippen molar-refractivity contribution in [1.29, 1.82) is 0 Å². The molecule has 19 heavy (non-hydrogen) atoms. The number of nitrogen functional groups attached to an aromatic ring is 2. The Hall–Kier alpha value is -2.24. The van der Waals surface area contributed by atoms with Crippen LogP contribution in [0.4, 0.5) is 17.1 Å². The van der Waals surface area contributed by atoms with Gasteiger partial charge in [-0.25, -0.2) is 11.0 Å². The first-order chi connectivity index (χ1) is 9.15. The van der Waals surface area contributed by atoms with Gasteiger partial charge in [-0.1, -0.05) is 30.3 Å². The molecule has 5 heteroatoms. The van der Waals surface area contributed by atoms with E-state index in [0.29, 0.717) is 11.4 Å². The van der Waals surface area contributed by atoms with E-state index in [1.807, 2.05) is 30.3 Å². The molecule has 2 aromatic rings. The Kier molecular flexibility index (Phi) is 2.77. The summed E-state index contributed by atoms with van der Waals surface area (Å²) in [5, 5.41) is 3.71. The van der Waals surface area contributed by atoms with Crippen molar-refractivity contribution in [3.05, 3.63) is 53.6 Å². The average Bonchev–Trinajstić information content (AvgIpc) is 2.69. The van der Waals surface area contributed by atoms with Crippen molar-refractivity contribution < 1.29 is 0 Å². The van der Waals surface area contributed by atoms with E-state index in [1.54, 1.807) is 5.12 Å². The molecule has 1 aliphatic rings. The zero-order chi connectivity index (χ0) is 13.4. The predicted octanol–water partition coefficient (Wildman–Crippen LogP) is 1.46. The first kappa shape index (κ1) is 11.8. The average molecular weight is 255 g/mol. The molecule has 0 bridgehead atoms. The number of nitrogens with two attached hydrogens (primary N) is 3. The summed E-state index contributed by atoms with van der Waals surface area (Å²) < 4.78 is 0. The highest BCUT2D eigenvalue weighted by Gasteiger charge is 2.25. The Morgan fingerprint density at radius 3 is 2.42 bits per heavy atom. The Balaban J connectivity index is 1.85. The number of benzene rings is 2. The smallest absolute Gasteiger partial charge is 0.0770 e. The maximum atomic E-state index is 6.12. The van der Waals surface area contributed by atoms with Crippen molar-refractivity contribution >= 4 is 17.1 Å². The predicted molar refractivity (Wildman–Crippen MR) is 77.6 cm³/mol. The van der Waals surface area contributed by atoms with E-state index < -0.39 is 0 Å². The number of hydrogen-bond acceptors (Lipinski definition) is 5. The van der Waals surface area contributed by atoms with E-state index in [-0.39, 0.29) is 0 Å². The molecule has 6 N–H and O–H groups in total. The highest BCUT2D eigenvalue weighted by atomic mass is 15.8. The molecule has 0 unspecified atom stereocenters. The van der Waals surface area contributed by atoms with Crippen LogP contribution in [-0.4, -0.2) is 5.01 Å². The summed E-state index contributed by atoms with van der Waals surface area (Å²) in [7, 11) is 0. The number of nitrogens with zero attached hydrogens (tertiary/aromatic N) is 2. The lowest BCUT2D eigenvalue weighted by atomic mass is 10.1. The van der Waals surface area contributed by atoms with Crippen molar-refractivity contribution in [2.24, 2.45) is 5.84 Å². The van der Waals surface area contributed by atoms with Crippen LogP contribution in [0.2, 0.25) is 0 Å². The normalized spacial score (nSPS) is 14.7. The highest BCUT2D eigenvalue weighted by Crippen LogP contribution is 2.34. The molecule has 0 saturated carbocycles. The number of hydrazine groups is 2. The van der Waals surface area contributed by atoms with Crippen LogP contribution in [-0.2, 0) is 13.1 Å². The van der Waals surface area contributed by atoms with Gasteiger partial charge in [0.05, 0.1) is 17.1 Å². The van der Waals surface area contributed by atoms with Crippen molar-refractivity contribution in [1.82, 2.24) is 5.01 Å². The summed E-state index contributed by atoms with van der Waals surface area (Å²) in [6.07, 6.45) is 0. The number of rotatable bonds is 2. The minimum absolute atomic E-state index is 0.566. The summed E-state index contributed by atoms with van der Waals surface area (Å²) in [5.74, 6) is 6.12. The fourth-order valence-electron chi connectivity index (χ4n) is 2.36. The summed E-state index contributed by atoms with van der Waals surface area (Å²) in [4.78, 5) is 0. The summed E-state index contributed by atoms with van der Waals surface area (Å²) in [6, 6.07) is 13.9. The van der Waals surface area contributed by atoms with Crippen LogP contribution in [0.15, 0.2) is 42.5 Å². The van der Waals surface area contributed by atoms with Gasteiger partial charge < -0.3 is 11.5 Å². The van der Waals surface area contributed by atoms with Crippen molar-refractivity contribution in [2.45, 2.75) is 13.1 Å². The molecule has 3 rings (SSSR count). The van der Waals surface area contributed by atoms with Gasteiger partial charge in [-0.05, 0) is 23.3 Å². The van der Waals surface area contributed by atoms with Gasteiger partial charge in [0.2, 0.25) is 0 Å². The Morgan fingerprint density at radius 1 is 1.00 bits per heavy atom. The van der Waals surface area contributed by atoms with Crippen LogP contribution in [0.3, 0.4) is 0 Å². The third-order valence-electron chi connectivity index (χ3n) is 3.40. The molecule has 0 amide bonds. The van der Waals surface area contributed by atoms with Crippen LogP contribution in [0, 0.1) is 0 Å². The molecular weight excluding hydrogens is 238 g/mol. The van der Waals surface area contributed by atoms with Crippen LogP contribution in [0.1, 0.15) is 11.1 Å². The fourth-order valence-corrected chi connectivity index (χ4v) is 2.36. The van der Waals surface area contributed by atoms with Crippen LogP contribution >= 0.6 is 0 Å². The van der Waals surface area contributed by atoms with Gasteiger partial charge in [0.15, 0.2) is 0 Å². The molecule has 1 aliphatic heterocycles. The largest absolute Gasteiger partial charge is 0.397 e. The topological polar surface area (TPSA) is 84.5 Å². The van der Waals surface area contributed by atoms with E-state index in [9.17, 15) is 0 Å². The van der Waals surface area contributed by atoms with Crippen LogP contribution in [0.5, 0.6) is 0 Å². The maximum absolute atomic E-state index is 6.12. The Bertz CT molecular complexity index is 596. The number of fused-ring (bicyclic) bond motifs is 1. The molecule has 0 aliphatic carbocycles. The van der Waals surface area contributed by atoms with Gasteiger partial charge in [-0.3, -0.25) is 0 Å². The molecule has 0 fully saturated rings. The summed E-state index contributed by atoms with van der Waals surface area (Å²) in [6.45, 7) is 1.50. The summed E-state index contributed by atoms with van der Waals surface area (Å²) >= 11 is 0. The lowest BCUT2D eigenvalue weighted by Crippen LogP contribution is -2.42. The number of hydrogen-bond donors (Lipinski definition) is 3. The maximum Gasteiger partial charge on any atom is 0.0770 e. The lowest BCUT2D eigenvalue weighted by Gasteiger charge is -2.25. The fraction of sp³-hybridized carbons (Fsp3) is 0.143. The third kappa shape index (κ3) is 2.09. The van der Waals surface area contributed by atoms with Gasteiger partial charge in [-0.15, -0.1) is 0 Å². The zero-order valence-electron chi connectivity index (χ0n) is 10.6. The Labute approximate surface area is 112 Å². The van der Waals surface area contributed by atoms with E-state index in [0.717, 1.165) is 24.3 Å². The molecular formula is C14H17N5. The molecule has 0 aromatic heterocycles. The molecule has 98 valence electrons. The van der Waals surface area contributed by atoms with Crippen molar-refractivity contribution in [3.8, 4) is 0 Å². The standard InChI is InChI=1S/C14H17N5/c15-12-6-11-9-18(8-10-4-2-1-3-5-10)19(17)14(11)7-13(12)16/h1-7H,8-9,15-17H2. The van der Waals surface area contributed by atoms with E-state index in [1.165, 1.54) is 5.56 Å². The molecule has 0 saturated heterocycles.